The van der Waals surface area contributed by atoms with E-state index < -0.39 is 0 Å². The first-order chi connectivity index (χ1) is 8.70. The zero-order chi connectivity index (χ0) is 13.0. The van der Waals surface area contributed by atoms with Gasteiger partial charge in [-0.05, 0) is 36.8 Å². The number of nitrogen functional groups attached to an aromatic ring is 1. The summed E-state index contributed by atoms with van der Waals surface area (Å²) in [5.41, 5.74) is 3.65. The Morgan fingerprint density at radius 1 is 1.32 bits per heavy atom. The van der Waals surface area contributed by atoms with E-state index in [4.69, 9.17) is 10.6 Å². The maximum atomic E-state index is 5.66. The van der Waals surface area contributed by atoms with Crippen molar-refractivity contribution in [1.82, 2.24) is 14.9 Å². The first-order valence-electron chi connectivity index (χ1n) is 5.31. The van der Waals surface area contributed by atoms with Crippen LogP contribution in [-0.4, -0.2) is 28.2 Å². The minimum Gasteiger partial charge on any atom is -0.497 e. The van der Waals surface area contributed by atoms with Gasteiger partial charge >= 0.3 is 0 Å². The van der Waals surface area contributed by atoms with E-state index in [1.165, 1.54) is 4.68 Å². The number of hydrazone groups is 1. The summed E-state index contributed by atoms with van der Waals surface area (Å²) in [7, 11) is 1.63. The van der Waals surface area contributed by atoms with Crippen molar-refractivity contribution in [1.29, 1.82) is 0 Å². The number of halogens is 1. The first kappa shape index (κ1) is 14.8. The van der Waals surface area contributed by atoms with Crippen LogP contribution in [0, 0.1) is 6.92 Å². The van der Waals surface area contributed by atoms with Crippen LogP contribution in [0.4, 0.5) is 5.95 Å². The van der Waals surface area contributed by atoms with Crippen molar-refractivity contribution in [2.24, 2.45) is 5.10 Å². The first-order valence-corrected chi connectivity index (χ1v) is 5.31. The van der Waals surface area contributed by atoms with Crippen LogP contribution in [0.5, 0.6) is 5.75 Å². The topological polar surface area (TPSA) is 90.3 Å². The molecule has 0 fully saturated rings. The van der Waals surface area contributed by atoms with Crippen LogP contribution >= 0.6 is 12.4 Å². The largest absolute Gasteiger partial charge is 0.497 e. The molecule has 1 heterocycles. The van der Waals surface area contributed by atoms with Crippen LogP contribution in [0.3, 0.4) is 0 Å². The van der Waals surface area contributed by atoms with Gasteiger partial charge in [0.25, 0.3) is 5.95 Å². The molecule has 2 rings (SSSR count). The lowest BCUT2D eigenvalue weighted by molar-refractivity contribution is 0.415. The molecule has 7 nitrogen and oxygen atoms in total. The molecule has 0 radical (unpaired) electrons. The van der Waals surface area contributed by atoms with Gasteiger partial charge in [-0.3, -0.25) is 0 Å². The minimum absolute atomic E-state index is 0. The summed E-state index contributed by atoms with van der Waals surface area (Å²) in [4.78, 5) is 0. The van der Waals surface area contributed by atoms with Crippen LogP contribution in [0.2, 0.25) is 0 Å². The molecule has 0 aliphatic carbocycles. The predicted molar refractivity (Wildman–Crippen MR) is 76.4 cm³/mol. The van der Waals surface area contributed by atoms with Gasteiger partial charge in [0.05, 0.1) is 13.3 Å². The summed E-state index contributed by atoms with van der Waals surface area (Å²) < 4.78 is 6.39. The molecule has 3 N–H and O–H groups in total. The van der Waals surface area contributed by atoms with E-state index in [1.54, 1.807) is 20.2 Å². The fourth-order valence-electron chi connectivity index (χ4n) is 1.30. The Balaban J connectivity index is 0.00000180. The SMILES string of the molecule is COc1ccc(C=NNc2nnc(C)n2N)cc1.Cl. The predicted octanol–water partition coefficient (Wildman–Crippen LogP) is 1.18. The van der Waals surface area contributed by atoms with Crippen LogP contribution in [-0.2, 0) is 0 Å². The van der Waals surface area contributed by atoms with E-state index in [0.717, 1.165) is 11.3 Å². The monoisotopic (exact) mass is 282 g/mol. The Morgan fingerprint density at radius 2 is 2.00 bits per heavy atom. The van der Waals surface area contributed by atoms with Gasteiger partial charge in [-0.1, -0.05) is 0 Å². The minimum atomic E-state index is 0. The summed E-state index contributed by atoms with van der Waals surface area (Å²) in [5.74, 6) is 7.46. The number of nitrogens with zero attached hydrogens (tertiary/aromatic N) is 4. The summed E-state index contributed by atoms with van der Waals surface area (Å²) in [5, 5.41) is 11.6. The molecule has 8 heteroatoms. The van der Waals surface area contributed by atoms with E-state index in [2.05, 4.69) is 20.7 Å². The summed E-state index contributed by atoms with van der Waals surface area (Å²) in [6, 6.07) is 7.50. The van der Waals surface area contributed by atoms with Gasteiger partial charge in [0.1, 0.15) is 5.75 Å². The lowest BCUT2D eigenvalue weighted by Gasteiger charge is -2.00. The van der Waals surface area contributed by atoms with Gasteiger partial charge in [0.2, 0.25) is 0 Å². The number of methoxy groups -OCH3 is 1. The molecule has 0 amide bonds. The Labute approximate surface area is 116 Å². The van der Waals surface area contributed by atoms with Crippen LogP contribution in [0.1, 0.15) is 11.4 Å². The van der Waals surface area contributed by atoms with Gasteiger partial charge in [-0.2, -0.15) is 5.10 Å². The number of hydrogen-bond acceptors (Lipinski definition) is 6. The second-order valence-electron chi connectivity index (χ2n) is 3.58. The van der Waals surface area contributed by atoms with E-state index in [0.29, 0.717) is 11.8 Å². The highest BCUT2D eigenvalue weighted by Gasteiger charge is 2.02. The van der Waals surface area contributed by atoms with Crippen molar-refractivity contribution in [3.05, 3.63) is 35.7 Å². The van der Waals surface area contributed by atoms with Gasteiger partial charge in [0.15, 0.2) is 5.82 Å². The van der Waals surface area contributed by atoms with Crippen LogP contribution < -0.4 is 16.0 Å². The second kappa shape index (κ2) is 6.60. The van der Waals surface area contributed by atoms with Gasteiger partial charge < -0.3 is 10.6 Å². The third kappa shape index (κ3) is 3.59. The lowest BCUT2D eigenvalue weighted by atomic mass is 10.2. The molecule has 1 aromatic heterocycles. The molecule has 0 unspecified atom stereocenters. The Kier molecular flexibility index (Phi) is 5.13. The highest BCUT2D eigenvalue weighted by atomic mass is 35.5. The van der Waals surface area contributed by atoms with Crippen molar-refractivity contribution in [2.75, 3.05) is 18.4 Å². The third-order valence-corrected chi connectivity index (χ3v) is 2.36. The molecular formula is C11H15ClN6O. The highest BCUT2D eigenvalue weighted by Crippen LogP contribution is 2.09. The number of benzene rings is 1. The maximum Gasteiger partial charge on any atom is 0.263 e. The molecule has 0 bridgehead atoms. The molecule has 0 saturated carbocycles. The Hall–Kier alpha value is -2.28. The normalized spacial score (nSPS) is 10.2. The van der Waals surface area contributed by atoms with Crippen LogP contribution in [0.15, 0.2) is 29.4 Å². The number of rotatable bonds is 4. The molecule has 0 atom stereocenters. The summed E-state index contributed by atoms with van der Waals surface area (Å²) >= 11 is 0. The molecule has 19 heavy (non-hydrogen) atoms. The third-order valence-electron chi connectivity index (χ3n) is 2.36. The van der Waals surface area contributed by atoms with Crippen LogP contribution in [0.25, 0.3) is 0 Å². The van der Waals surface area contributed by atoms with Gasteiger partial charge in [0, 0.05) is 0 Å². The van der Waals surface area contributed by atoms with Crippen molar-refractivity contribution in [3.8, 4) is 5.75 Å². The van der Waals surface area contributed by atoms with E-state index in [-0.39, 0.29) is 12.4 Å². The number of nitrogens with two attached hydrogens (primary N) is 1. The number of hydrogen-bond donors (Lipinski definition) is 2. The highest BCUT2D eigenvalue weighted by molar-refractivity contribution is 5.85. The molecule has 0 aliphatic rings. The standard InChI is InChI=1S/C11H14N6O.ClH/c1-8-14-16-11(17(8)12)15-13-7-9-3-5-10(18-2)6-4-9;/h3-7H,12H2,1-2H3,(H,15,16);1H. The molecule has 0 saturated heterocycles. The Bertz CT molecular complexity index is 551. The molecule has 0 aliphatic heterocycles. The zero-order valence-corrected chi connectivity index (χ0v) is 11.4. The number of aromatic nitrogens is 3. The maximum absolute atomic E-state index is 5.66. The Morgan fingerprint density at radius 3 is 2.53 bits per heavy atom. The molecular weight excluding hydrogens is 268 g/mol. The average Bonchev–Trinajstić information content (AvgIpc) is 2.71. The van der Waals surface area contributed by atoms with Crippen molar-refractivity contribution in [3.63, 3.8) is 0 Å². The number of anilines is 1. The number of ether oxygens (including phenoxy) is 1. The molecule has 1 aromatic carbocycles. The van der Waals surface area contributed by atoms with Gasteiger partial charge in [-0.25, -0.2) is 10.1 Å². The van der Waals surface area contributed by atoms with Gasteiger partial charge in [-0.15, -0.1) is 22.6 Å². The van der Waals surface area contributed by atoms with Crippen molar-refractivity contribution < 1.29 is 4.74 Å². The smallest absolute Gasteiger partial charge is 0.263 e. The summed E-state index contributed by atoms with van der Waals surface area (Å²) in [6.45, 7) is 1.76. The van der Waals surface area contributed by atoms with E-state index in [9.17, 15) is 0 Å². The fraction of sp³-hybridized carbons (Fsp3) is 0.182. The van der Waals surface area contributed by atoms with E-state index in [1.807, 2.05) is 24.3 Å². The quantitative estimate of drug-likeness (QED) is 0.499. The molecule has 2 aromatic rings. The average molecular weight is 283 g/mol. The fourth-order valence-corrected chi connectivity index (χ4v) is 1.30. The van der Waals surface area contributed by atoms with E-state index >= 15 is 0 Å². The molecule has 0 spiro atoms. The lowest BCUT2D eigenvalue weighted by Crippen LogP contribution is -2.13. The zero-order valence-electron chi connectivity index (χ0n) is 10.6. The number of nitrogens with one attached hydrogen (secondary N) is 1. The molecule has 102 valence electrons. The van der Waals surface area contributed by atoms with Crippen molar-refractivity contribution >= 4 is 24.6 Å². The van der Waals surface area contributed by atoms with Crippen molar-refractivity contribution in [2.45, 2.75) is 6.92 Å². The second-order valence-corrected chi connectivity index (χ2v) is 3.58. The summed E-state index contributed by atoms with van der Waals surface area (Å²) in [6.07, 6.45) is 1.66. The number of aryl methyl sites for hydroxylation is 1.